The summed E-state index contributed by atoms with van der Waals surface area (Å²) in [7, 11) is 1.77. The van der Waals surface area contributed by atoms with Crippen molar-refractivity contribution in [3.05, 3.63) is 67.1 Å². The predicted octanol–water partition coefficient (Wildman–Crippen LogP) is 4.52. The summed E-state index contributed by atoms with van der Waals surface area (Å²) in [6.45, 7) is 2.74. The number of benzene rings is 1. The summed E-state index contributed by atoms with van der Waals surface area (Å²) in [6.07, 6.45) is 4.18. The van der Waals surface area contributed by atoms with E-state index in [4.69, 9.17) is 23.2 Å². The van der Waals surface area contributed by atoms with E-state index in [0.29, 0.717) is 27.7 Å². The Morgan fingerprint density at radius 3 is 2.75 bits per heavy atom. The number of nitrogens with one attached hydrogen (secondary N) is 2. The Bertz CT molecular complexity index is 1760. The van der Waals surface area contributed by atoms with Crippen molar-refractivity contribution in [3.8, 4) is 11.5 Å². The molecule has 6 rings (SSSR count). The molecule has 1 unspecified atom stereocenters. The van der Waals surface area contributed by atoms with Crippen LogP contribution in [0.1, 0.15) is 31.4 Å². The minimum atomic E-state index is -0.701. The molecule has 1 aliphatic rings. The molecule has 5 aromatic rings. The molecular formula is C24H21Cl2N7O3. The van der Waals surface area contributed by atoms with Crippen LogP contribution in [-0.2, 0) is 13.6 Å². The first-order valence-corrected chi connectivity index (χ1v) is 12.2. The van der Waals surface area contributed by atoms with E-state index < -0.39 is 5.76 Å². The van der Waals surface area contributed by atoms with Gasteiger partial charge in [-0.2, -0.15) is 5.10 Å². The second-order valence-corrected chi connectivity index (χ2v) is 9.95. The van der Waals surface area contributed by atoms with Crippen molar-refractivity contribution in [2.24, 2.45) is 13.0 Å². The molecular weight excluding hydrogens is 505 g/mol. The van der Waals surface area contributed by atoms with E-state index in [9.17, 15) is 9.59 Å². The Morgan fingerprint density at radius 2 is 2.03 bits per heavy atom. The molecule has 1 aromatic carbocycles. The lowest BCUT2D eigenvalue weighted by Gasteiger charge is -2.20. The first-order valence-electron chi connectivity index (χ1n) is 11.5. The smallest absolute Gasteiger partial charge is 0.377 e. The molecule has 12 heteroatoms. The van der Waals surface area contributed by atoms with Crippen molar-refractivity contribution in [2.45, 2.75) is 32.4 Å². The molecule has 1 aliphatic carbocycles. The summed E-state index contributed by atoms with van der Waals surface area (Å²) in [4.78, 5) is 31.8. The van der Waals surface area contributed by atoms with Gasteiger partial charge in [0.1, 0.15) is 16.5 Å². The van der Waals surface area contributed by atoms with Gasteiger partial charge in [0.05, 0.1) is 11.9 Å². The number of fused-ring (bicyclic) bond motifs is 3. The second kappa shape index (κ2) is 8.49. The lowest BCUT2D eigenvalue weighted by atomic mass is 9.98. The second-order valence-electron chi connectivity index (χ2n) is 9.13. The van der Waals surface area contributed by atoms with Crippen molar-refractivity contribution in [3.63, 3.8) is 0 Å². The molecule has 4 heterocycles. The third-order valence-corrected chi connectivity index (χ3v) is 6.99. The summed E-state index contributed by atoms with van der Waals surface area (Å²) in [5.74, 6) is 0.0433. The summed E-state index contributed by atoms with van der Waals surface area (Å²) >= 11 is 12.6. The lowest BCUT2D eigenvalue weighted by molar-refractivity contribution is 0.388. The van der Waals surface area contributed by atoms with Crippen LogP contribution in [0.15, 0.2) is 44.6 Å². The maximum Gasteiger partial charge on any atom is 0.439 e. The highest BCUT2D eigenvalue weighted by molar-refractivity contribution is 6.32. The highest BCUT2D eigenvalue weighted by Crippen LogP contribution is 2.36. The van der Waals surface area contributed by atoms with Crippen molar-refractivity contribution < 1.29 is 4.52 Å². The largest absolute Gasteiger partial charge is 0.439 e. The third-order valence-electron chi connectivity index (χ3n) is 6.56. The number of anilines is 1. The molecule has 1 atom stereocenters. The fourth-order valence-electron chi connectivity index (χ4n) is 4.68. The molecule has 0 radical (unpaired) electrons. The van der Waals surface area contributed by atoms with Gasteiger partial charge in [-0.3, -0.25) is 18.9 Å². The molecule has 184 valence electrons. The SMILES string of the molecule is CC(Nc1ccc(Cl)nc1-c1noc(=O)[nH]1)c1cc(Cl)cc2c(=O)n(C)c3c(cnn3CC3CC3)c12. The van der Waals surface area contributed by atoms with Gasteiger partial charge in [0.25, 0.3) is 5.56 Å². The zero-order valence-corrected chi connectivity index (χ0v) is 20.9. The van der Waals surface area contributed by atoms with Crippen LogP contribution in [0.5, 0.6) is 0 Å². The van der Waals surface area contributed by atoms with Crippen LogP contribution < -0.4 is 16.6 Å². The van der Waals surface area contributed by atoms with Crippen molar-refractivity contribution >= 4 is 50.7 Å². The summed E-state index contributed by atoms with van der Waals surface area (Å²) in [5.41, 5.74) is 2.35. The van der Waals surface area contributed by atoms with Crippen LogP contribution in [0.25, 0.3) is 33.3 Å². The number of aryl methyl sites for hydroxylation is 1. The number of aromatic nitrogens is 6. The lowest BCUT2D eigenvalue weighted by Crippen LogP contribution is -2.21. The Morgan fingerprint density at radius 1 is 1.22 bits per heavy atom. The Labute approximate surface area is 213 Å². The van der Waals surface area contributed by atoms with Gasteiger partial charge in [0, 0.05) is 40.8 Å². The number of nitrogens with zero attached hydrogens (tertiary/aromatic N) is 5. The Balaban J connectivity index is 1.51. The monoisotopic (exact) mass is 525 g/mol. The quantitative estimate of drug-likeness (QED) is 0.312. The van der Waals surface area contributed by atoms with Gasteiger partial charge in [-0.1, -0.05) is 28.4 Å². The topological polar surface area (TPSA) is 124 Å². The van der Waals surface area contributed by atoms with Crippen LogP contribution in [0.2, 0.25) is 10.2 Å². The summed E-state index contributed by atoms with van der Waals surface area (Å²) in [6, 6.07) is 6.59. The standard InChI is InChI=1S/C24H21Cl2N7O3/c1-11(28-17-5-6-18(26)29-20(17)21-30-24(35)36-31-21)14-7-13(25)8-15-19(14)16-9-27-33(10-12-3-4-12)22(16)32(2)23(15)34/h5-9,11-12,28H,3-4,10H2,1-2H3,(H,30,31,35). The number of halogens is 2. The molecule has 0 aliphatic heterocycles. The van der Waals surface area contributed by atoms with Gasteiger partial charge in [0.15, 0.2) is 0 Å². The Kier molecular flexibility index (Phi) is 5.38. The minimum Gasteiger partial charge on any atom is -0.377 e. The molecule has 0 bridgehead atoms. The molecule has 10 nitrogen and oxygen atoms in total. The number of rotatable bonds is 6. The number of aromatic amines is 1. The molecule has 4 aromatic heterocycles. The van der Waals surface area contributed by atoms with Gasteiger partial charge in [-0.25, -0.2) is 14.5 Å². The molecule has 0 spiro atoms. The van der Waals surface area contributed by atoms with Crippen LogP contribution in [-0.4, -0.2) is 29.5 Å². The molecule has 2 N–H and O–H groups in total. The van der Waals surface area contributed by atoms with Crippen LogP contribution in [0, 0.1) is 5.92 Å². The molecule has 36 heavy (non-hydrogen) atoms. The van der Waals surface area contributed by atoms with E-state index in [2.05, 4.69) is 30.1 Å². The highest BCUT2D eigenvalue weighted by atomic mass is 35.5. The highest BCUT2D eigenvalue weighted by Gasteiger charge is 2.25. The van der Waals surface area contributed by atoms with Gasteiger partial charge >= 0.3 is 5.76 Å². The van der Waals surface area contributed by atoms with Crippen LogP contribution in [0.3, 0.4) is 0 Å². The van der Waals surface area contributed by atoms with E-state index >= 15 is 0 Å². The van der Waals surface area contributed by atoms with Crippen molar-refractivity contribution in [1.29, 1.82) is 0 Å². The Hall–Kier alpha value is -3.63. The van der Waals surface area contributed by atoms with Gasteiger partial charge in [-0.15, -0.1) is 0 Å². The zero-order valence-electron chi connectivity index (χ0n) is 19.4. The maximum absolute atomic E-state index is 13.4. The number of hydrogen-bond donors (Lipinski definition) is 2. The maximum atomic E-state index is 13.4. The average molecular weight is 526 g/mol. The summed E-state index contributed by atoms with van der Waals surface area (Å²) < 4.78 is 8.22. The minimum absolute atomic E-state index is 0.139. The number of H-pyrrole nitrogens is 1. The van der Waals surface area contributed by atoms with E-state index in [1.807, 2.05) is 23.9 Å². The van der Waals surface area contributed by atoms with Crippen molar-refractivity contribution in [2.75, 3.05) is 5.32 Å². The van der Waals surface area contributed by atoms with Gasteiger partial charge in [-0.05, 0) is 55.5 Å². The first-order chi connectivity index (χ1) is 17.3. The number of hydrogen-bond acceptors (Lipinski definition) is 7. The van der Waals surface area contributed by atoms with Gasteiger partial charge in [0.2, 0.25) is 5.82 Å². The molecule has 1 saturated carbocycles. The van der Waals surface area contributed by atoms with Crippen LogP contribution >= 0.6 is 23.2 Å². The van der Waals surface area contributed by atoms with E-state index in [1.54, 1.807) is 29.8 Å². The van der Waals surface area contributed by atoms with E-state index in [-0.39, 0.29) is 22.6 Å². The summed E-state index contributed by atoms with van der Waals surface area (Å²) in [5, 5.41) is 14.6. The predicted molar refractivity (Wildman–Crippen MR) is 138 cm³/mol. The zero-order chi connectivity index (χ0) is 25.1. The van der Waals surface area contributed by atoms with E-state index in [1.165, 1.54) is 12.8 Å². The molecule has 1 fully saturated rings. The molecule has 0 amide bonds. The van der Waals surface area contributed by atoms with Gasteiger partial charge < -0.3 is 5.32 Å². The first kappa shape index (κ1) is 22.8. The van der Waals surface area contributed by atoms with Crippen LogP contribution in [0.4, 0.5) is 5.69 Å². The fraction of sp³-hybridized carbons (Fsp3) is 0.292. The molecule has 0 saturated heterocycles. The number of pyridine rings is 2. The third kappa shape index (κ3) is 3.86. The van der Waals surface area contributed by atoms with E-state index in [0.717, 1.165) is 28.5 Å². The average Bonchev–Trinajstić information content (AvgIpc) is 3.40. The fourth-order valence-corrected chi connectivity index (χ4v) is 5.05. The normalized spacial score (nSPS) is 14.6. The van der Waals surface area contributed by atoms with Crippen molar-refractivity contribution in [1.82, 2.24) is 29.5 Å².